The standard InChI is InChI=1S/C13H14BrN3O/c1-10-8-11(2-3-12(10)14)13(18)16-5-7-17-6-4-15-9-17/h2-4,6,8-9H,5,7H2,1H3,(H,16,18). The average molecular weight is 308 g/mol. The monoisotopic (exact) mass is 307 g/mol. The molecule has 0 radical (unpaired) electrons. The Morgan fingerprint density at radius 1 is 1.50 bits per heavy atom. The summed E-state index contributed by atoms with van der Waals surface area (Å²) < 4.78 is 2.94. The smallest absolute Gasteiger partial charge is 0.251 e. The first-order valence-electron chi connectivity index (χ1n) is 5.67. The van der Waals surface area contributed by atoms with E-state index in [-0.39, 0.29) is 5.91 Å². The van der Waals surface area contributed by atoms with Crippen LogP contribution in [0.5, 0.6) is 0 Å². The molecule has 0 bridgehead atoms. The van der Waals surface area contributed by atoms with Gasteiger partial charge in [0.2, 0.25) is 0 Å². The van der Waals surface area contributed by atoms with Gasteiger partial charge in [-0.2, -0.15) is 0 Å². The van der Waals surface area contributed by atoms with Gasteiger partial charge in [0, 0.05) is 35.5 Å². The molecule has 2 rings (SSSR count). The molecule has 0 aliphatic heterocycles. The third kappa shape index (κ3) is 3.20. The SMILES string of the molecule is Cc1cc(C(=O)NCCn2ccnc2)ccc1Br. The van der Waals surface area contributed by atoms with Crippen LogP contribution < -0.4 is 5.32 Å². The van der Waals surface area contributed by atoms with Crippen LogP contribution in [0.4, 0.5) is 0 Å². The predicted octanol–water partition coefficient (Wildman–Crippen LogP) is 2.38. The minimum absolute atomic E-state index is 0.0503. The highest BCUT2D eigenvalue weighted by molar-refractivity contribution is 9.10. The highest BCUT2D eigenvalue weighted by atomic mass is 79.9. The van der Waals surface area contributed by atoms with Crippen molar-refractivity contribution in [2.45, 2.75) is 13.5 Å². The third-order valence-corrected chi connectivity index (χ3v) is 3.52. The molecule has 0 spiro atoms. The van der Waals surface area contributed by atoms with Gasteiger partial charge in [0.1, 0.15) is 0 Å². The van der Waals surface area contributed by atoms with Gasteiger partial charge in [0.05, 0.1) is 6.33 Å². The minimum atomic E-state index is -0.0503. The van der Waals surface area contributed by atoms with Crippen LogP contribution in [-0.2, 0) is 6.54 Å². The zero-order valence-electron chi connectivity index (χ0n) is 10.1. The molecule has 4 nitrogen and oxygen atoms in total. The van der Waals surface area contributed by atoms with Crippen LogP contribution in [0, 0.1) is 6.92 Å². The van der Waals surface area contributed by atoms with Crippen LogP contribution in [0.2, 0.25) is 0 Å². The average Bonchev–Trinajstić information content (AvgIpc) is 2.85. The van der Waals surface area contributed by atoms with Gasteiger partial charge in [-0.05, 0) is 30.7 Å². The molecule has 0 fully saturated rings. The number of aryl methyl sites for hydroxylation is 1. The second-order valence-corrected chi connectivity index (χ2v) is 4.87. The second kappa shape index (κ2) is 5.82. The zero-order valence-corrected chi connectivity index (χ0v) is 11.6. The lowest BCUT2D eigenvalue weighted by Crippen LogP contribution is -2.27. The third-order valence-electron chi connectivity index (χ3n) is 2.63. The molecule has 2 aromatic rings. The Balaban J connectivity index is 1.89. The number of amides is 1. The quantitative estimate of drug-likeness (QED) is 0.942. The van der Waals surface area contributed by atoms with Gasteiger partial charge in [0.15, 0.2) is 0 Å². The fourth-order valence-electron chi connectivity index (χ4n) is 1.61. The van der Waals surface area contributed by atoms with Gasteiger partial charge in [-0.1, -0.05) is 15.9 Å². The number of carbonyl (C=O) groups excluding carboxylic acids is 1. The molecular formula is C13H14BrN3O. The largest absolute Gasteiger partial charge is 0.350 e. The Kier molecular flexibility index (Phi) is 4.15. The molecule has 18 heavy (non-hydrogen) atoms. The molecule has 0 atom stereocenters. The Bertz CT molecular complexity index is 537. The van der Waals surface area contributed by atoms with Crippen molar-refractivity contribution in [2.24, 2.45) is 0 Å². The summed E-state index contributed by atoms with van der Waals surface area (Å²) in [5.74, 6) is -0.0503. The topological polar surface area (TPSA) is 46.9 Å². The molecular weight excluding hydrogens is 294 g/mol. The first-order valence-corrected chi connectivity index (χ1v) is 6.46. The molecule has 0 saturated carbocycles. The van der Waals surface area contributed by atoms with E-state index in [0.717, 1.165) is 16.6 Å². The predicted molar refractivity (Wildman–Crippen MR) is 73.4 cm³/mol. The van der Waals surface area contributed by atoms with Gasteiger partial charge in [-0.15, -0.1) is 0 Å². The van der Waals surface area contributed by atoms with E-state index in [1.54, 1.807) is 12.5 Å². The number of halogens is 1. The van der Waals surface area contributed by atoms with Crippen LogP contribution in [-0.4, -0.2) is 22.0 Å². The number of nitrogens with one attached hydrogen (secondary N) is 1. The van der Waals surface area contributed by atoms with Crippen molar-refractivity contribution < 1.29 is 4.79 Å². The Morgan fingerprint density at radius 3 is 3.00 bits per heavy atom. The molecule has 1 heterocycles. The van der Waals surface area contributed by atoms with E-state index in [1.165, 1.54) is 0 Å². The highest BCUT2D eigenvalue weighted by Gasteiger charge is 2.06. The summed E-state index contributed by atoms with van der Waals surface area (Å²) in [6, 6.07) is 5.57. The lowest BCUT2D eigenvalue weighted by molar-refractivity contribution is 0.0952. The fraction of sp³-hybridized carbons (Fsp3) is 0.231. The summed E-state index contributed by atoms with van der Waals surface area (Å²) >= 11 is 3.42. The Hall–Kier alpha value is -1.62. The van der Waals surface area contributed by atoms with Crippen LogP contribution >= 0.6 is 15.9 Å². The van der Waals surface area contributed by atoms with E-state index in [2.05, 4.69) is 26.2 Å². The maximum Gasteiger partial charge on any atom is 0.251 e. The first kappa shape index (κ1) is 12.8. The van der Waals surface area contributed by atoms with Crippen LogP contribution in [0.15, 0.2) is 41.4 Å². The molecule has 1 amide bonds. The van der Waals surface area contributed by atoms with E-state index >= 15 is 0 Å². The van der Waals surface area contributed by atoms with Crippen LogP contribution in [0.1, 0.15) is 15.9 Å². The molecule has 94 valence electrons. The molecule has 5 heteroatoms. The molecule has 0 aliphatic carbocycles. The minimum Gasteiger partial charge on any atom is -0.350 e. The lowest BCUT2D eigenvalue weighted by Gasteiger charge is -2.07. The number of aromatic nitrogens is 2. The van der Waals surface area contributed by atoms with Crippen molar-refractivity contribution in [2.75, 3.05) is 6.54 Å². The summed E-state index contributed by atoms with van der Waals surface area (Å²) in [7, 11) is 0. The number of carbonyl (C=O) groups is 1. The number of hydrogen-bond acceptors (Lipinski definition) is 2. The van der Waals surface area contributed by atoms with Crippen molar-refractivity contribution in [1.29, 1.82) is 0 Å². The maximum absolute atomic E-state index is 11.9. The van der Waals surface area contributed by atoms with E-state index in [4.69, 9.17) is 0 Å². The van der Waals surface area contributed by atoms with Gasteiger partial charge in [-0.25, -0.2) is 4.98 Å². The van der Waals surface area contributed by atoms with Crippen molar-refractivity contribution in [3.63, 3.8) is 0 Å². The van der Waals surface area contributed by atoms with Crippen molar-refractivity contribution >= 4 is 21.8 Å². The first-order chi connectivity index (χ1) is 8.66. The Morgan fingerprint density at radius 2 is 2.33 bits per heavy atom. The number of nitrogens with zero attached hydrogens (tertiary/aromatic N) is 2. The van der Waals surface area contributed by atoms with E-state index in [1.807, 2.05) is 35.9 Å². The maximum atomic E-state index is 11.9. The lowest BCUT2D eigenvalue weighted by atomic mass is 10.1. The molecule has 0 aliphatic rings. The van der Waals surface area contributed by atoms with Crippen molar-refractivity contribution in [1.82, 2.24) is 14.9 Å². The van der Waals surface area contributed by atoms with Crippen LogP contribution in [0.3, 0.4) is 0 Å². The van der Waals surface area contributed by atoms with Gasteiger partial charge < -0.3 is 9.88 Å². The molecule has 1 aromatic carbocycles. The Labute approximate surface area is 114 Å². The summed E-state index contributed by atoms with van der Waals surface area (Å²) in [4.78, 5) is 15.8. The summed E-state index contributed by atoms with van der Waals surface area (Å²) in [6.45, 7) is 3.28. The van der Waals surface area contributed by atoms with E-state index in [9.17, 15) is 4.79 Å². The molecule has 0 unspecified atom stereocenters. The molecule has 1 aromatic heterocycles. The van der Waals surface area contributed by atoms with Gasteiger partial charge in [0.25, 0.3) is 5.91 Å². The van der Waals surface area contributed by atoms with Crippen LogP contribution in [0.25, 0.3) is 0 Å². The van der Waals surface area contributed by atoms with Crippen molar-refractivity contribution in [3.8, 4) is 0 Å². The number of benzene rings is 1. The number of rotatable bonds is 4. The summed E-state index contributed by atoms with van der Waals surface area (Å²) in [5, 5.41) is 2.88. The normalized spacial score (nSPS) is 10.3. The number of hydrogen-bond donors (Lipinski definition) is 1. The van der Waals surface area contributed by atoms with E-state index in [0.29, 0.717) is 12.1 Å². The zero-order chi connectivity index (χ0) is 13.0. The van der Waals surface area contributed by atoms with Gasteiger partial charge >= 0.3 is 0 Å². The van der Waals surface area contributed by atoms with Crippen molar-refractivity contribution in [3.05, 3.63) is 52.5 Å². The van der Waals surface area contributed by atoms with E-state index < -0.39 is 0 Å². The highest BCUT2D eigenvalue weighted by Crippen LogP contribution is 2.16. The fourth-order valence-corrected chi connectivity index (χ4v) is 1.85. The summed E-state index contributed by atoms with van der Waals surface area (Å²) in [6.07, 6.45) is 5.33. The molecule has 0 saturated heterocycles. The summed E-state index contributed by atoms with van der Waals surface area (Å²) in [5.41, 5.74) is 1.73. The van der Waals surface area contributed by atoms with Gasteiger partial charge in [-0.3, -0.25) is 4.79 Å². The second-order valence-electron chi connectivity index (χ2n) is 4.02. The number of imidazole rings is 1. The molecule has 1 N–H and O–H groups in total.